The van der Waals surface area contributed by atoms with Gasteiger partial charge in [0, 0.05) is 12.6 Å². The standard InChI is InChI=1S/C9H15NO/c1-4-8-6-10(7(8)3)9(11)5-2/h5,7-8H,2,4,6H2,1,3H3. The average molecular weight is 153 g/mol. The first-order valence-electron chi connectivity index (χ1n) is 4.13. The highest BCUT2D eigenvalue weighted by atomic mass is 16.2. The van der Waals surface area contributed by atoms with Crippen molar-refractivity contribution in [3.63, 3.8) is 0 Å². The molecule has 1 heterocycles. The molecule has 1 saturated heterocycles. The second-order valence-electron chi connectivity index (χ2n) is 3.10. The lowest BCUT2D eigenvalue weighted by atomic mass is 9.87. The summed E-state index contributed by atoms with van der Waals surface area (Å²) in [5.41, 5.74) is 0. The molecule has 1 rings (SSSR count). The largest absolute Gasteiger partial charge is 0.336 e. The van der Waals surface area contributed by atoms with E-state index < -0.39 is 0 Å². The summed E-state index contributed by atoms with van der Waals surface area (Å²) in [6.45, 7) is 8.64. The second-order valence-corrected chi connectivity index (χ2v) is 3.10. The van der Waals surface area contributed by atoms with Crippen LogP contribution in [0.5, 0.6) is 0 Å². The Labute approximate surface area is 67.9 Å². The molecule has 1 aliphatic heterocycles. The van der Waals surface area contributed by atoms with Gasteiger partial charge in [-0.1, -0.05) is 13.5 Å². The molecule has 0 aromatic rings. The maximum absolute atomic E-state index is 11.1. The lowest BCUT2D eigenvalue weighted by molar-refractivity contribution is -0.137. The van der Waals surface area contributed by atoms with Gasteiger partial charge >= 0.3 is 0 Å². The van der Waals surface area contributed by atoms with Crippen LogP contribution in [0.4, 0.5) is 0 Å². The highest BCUT2D eigenvalue weighted by molar-refractivity contribution is 5.87. The average Bonchev–Trinajstić information content (AvgIpc) is 2.02. The Bertz CT molecular complexity index is 176. The summed E-state index contributed by atoms with van der Waals surface area (Å²) in [4.78, 5) is 12.9. The maximum atomic E-state index is 11.1. The van der Waals surface area contributed by atoms with E-state index in [9.17, 15) is 4.79 Å². The lowest BCUT2D eigenvalue weighted by Gasteiger charge is -2.45. The predicted octanol–water partition coefficient (Wildman–Crippen LogP) is 1.43. The molecular weight excluding hydrogens is 138 g/mol. The molecule has 1 aliphatic rings. The molecular formula is C9H15NO. The van der Waals surface area contributed by atoms with Gasteiger partial charge in [-0.15, -0.1) is 0 Å². The molecule has 0 aromatic carbocycles. The van der Waals surface area contributed by atoms with Crippen molar-refractivity contribution in [3.05, 3.63) is 12.7 Å². The molecule has 2 nitrogen and oxygen atoms in total. The molecule has 0 saturated carbocycles. The molecule has 0 aromatic heterocycles. The van der Waals surface area contributed by atoms with Crippen molar-refractivity contribution < 1.29 is 4.79 Å². The number of amides is 1. The Hall–Kier alpha value is -0.790. The number of hydrogen-bond acceptors (Lipinski definition) is 1. The fourth-order valence-corrected chi connectivity index (χ4v) is 1.57. The molecule has 0 aliphatic carbocycles. The summed E-state index contributed by atoms with van der Waals surface area (Å²) < 4.78 is 0. The number of hydrogen-bond donors (Lipinski definition) is 0. The minimum absolute atomic E-state index is 0.0715. The van der Waals surface area contributed by atoms with E-state index in [0.29, 0.717) is 12.0 Å². The number of carbonyl (C=O) groups excluding carboxylic acids is 1. The molecule has 1 fully saturated rings. The van der Waals surface area contributed by atoms with Crippen molar-refractivity contribution >= 4 is 5.91 Å². The molecule has 2 unspecified atom stereocenters. The number of rotatable bonds is 2. The first-order valence-corrected chi connectivity index (χ1v) is 4.13. The lowest BCUT2D eigenvalue weighted by Crippen LogP contribution is -2.56. The summed E-state index contributed by atoms with van der Waals surface area (Å²) in [6.07, 6.45) is 2.56. The van der Waals surface area contributed by atoms with Gasteiger partial charge < -0.3 is 4.90 Å². The van der Waals surface area contributed by atoms with Crippen LogP contribution >= 0.6 is 0 Å². The van der Waals surface area contributed by atoms with Gasteiger partial charge in [0.05, 0.1) is 0 Å². The molecule has 0 radical (unpaired) electrons. The van der Waals surface area contributed by atoms with Crippen molar-refractivity contribution in [2.75, 3.05) is 6.54 Å². The Morgan fingerprint density at radius 1 is 1.82 bits per heavy atom. The van der Waals surface area contributed by atoms with Gasteiger partial charge in [0.15, 0.2) is 0 Å². The molecule has 1 amide bonds. The second kappa shape index (κ2) is 3.07. The van der Waals surface area contributed by atoms with Crippen molar-refractivity contribution in [3.8, 4) is 0 Å². The highest BCUT2D eigenvalue weighted by Crippen LogP contribution is 2.26. The zero-order chi connectivity index (χ0) is 8.43. The third-order valence-electron chi connectivity index (χ3n) is 2.59. The normalized spacial score (nSPS) is 29.5. The molecule has 0 bridgehead atoms. The maximum Gasteiger partial charge on any atom is 0.246 e. The first kappa shape index (κ1) is 8.31. The van der Waals surface area contributed by atoms with Crippen molar-refractivity contribution in [1.82, 2.24) is 4.90 Å². The van der Waals surface area contributed by atoms with E-state index in [1.165, 1.54) is 12.5 Å². The summed E-state index contributed by atoms with van der Waals surface area (Å²) in [7, 11) is 0. The third kappa shape index (κ3) is 1.30. The summed E-state index contributed by atoms with van der Waals surface area (Å²) in [5, 5.41) is 0. The summed E-state index contributed by atoms with van der Waals surface area (Å²) >= 11 is 0. The van der Waals surface area contributed by atoms with Crippen LogP contribution in [0, 0.1) is 5.92 Å². The number of nitrogens with zero attached hydrogens (tertiary/aromatic N) is 1. The van der Waals surface area contributed by atoms with E-state index in [0.717, 1.165) is 6.54 Å². The molecule has 0 N–H and O–H groups in total. The number of carbonyl (C=O) groups is 1. The van der Waals surface area contributed by atoms with Crippen LogP contribution < -0.4 is 0 Å². The van der Waals surface area contributed by atoms with Gasteiger partial charge in [-0.05, 0) is 25.3 Å². The Balaban J connectivity index is 2.44. The zero-order valence-corrected chi connectivity index (χ0v) is 7.21. The van der Waals surface area contributed by atoms with Crippen molar-refractivity contribution in [2.45, 2.75) is 26.3 Å². The summed E-state index contributed by atoms with van der Waals surface area (Å²) in [5.74, 6) is 0.779. The molecule has 11 heavy (non-hydrogen) atoms. The van der Waals surface area contributed by atoms with Crippen LogP contribution in [-0.4, -0.2) is 23.4 Å². The minimum atomic E-state index is 0.0715. The van der Waals surface area contributed by atoms with Crippen molar-refractivity contribution in [1.29, 1.82) is 0 Å². The molecule has 2 atom stereocenters. The van der Waals surface area contributed by atoms with E-state index in [1.807, 2.05) is 4.90 Å². The van der Waals surface area contributed by atoms with Crippen LogP contribution in [0.15, 0.2) is 12.7 Å². The zero-order valence-electron chi connectivity index (χ0n) is 7.21. The monoisotopic (exact) mass is 153 g/mol. The van der Waals surface area contributed by atoms with Crippen LogP contribution in [0.25, 0.3) is 0 Å². The third-order valence-corrected chi connectivity index (χ3v) is 2.59. The predicted molar refractivity (Wildman–Crippen MR) is 45.2 cm³/mol. The topological polar surface area (TPSA) is 20.3 Å². The van der Waals surface area contributed by atoms with Crippen LogP contribution in [-0.2, 0) is 4.79 Å². The van der Waals surface area contributed by atoms with Crippen LogP contribution in [0.2, 0.25) is 0 Å². The Kier molecular flexibility index (Phi) is 2.32. The highest BCUT2D eigenvalue weighted by Gasteiger charge is 2.35. The van der Waals surface area contributed by atoms with Crippen LogP contribution in [0.3, 0.4) is 0 Å². The molecule has 0 spiro atoms. The summed E-state index contributed by atoms with van der Waals surface area (Å²) in [6, 6.07) is 0.422. The smallest absolute Gasteiger partial charge is 0.246 e. The van der Waals surface area contributed by atoms with Gasteiger partial charge in [-0.2, -0.15) is 0 Å². The van der Waals surface area contributed by atoms with Gasteiger partial charge in [0.25, 0.3) is 0 Å². The van der Waals surface area contributed by atoms with E-state index in [1.54, 1.807) is 0 Å². The van der Waals surface area contributed by atoms with E-state index in [4.69, 9.17) is 0 Å². The van der Waals surface area contributed by atoms with Gasteiger partial charge in [-0.3, -0.25) is 4.79 Å². The van der Waals surface area contributed by atoms with Gasteiger partial charge in [-0.25, -0.2) is 0 Å². The van der Waals surface area contributed by atoms with Gasteiger partial charge in [0.1, 0.15) is 0 Å². The number of likely N-dealkylation sites (tertiary alicyclic amines) is 1. The van der Waals surface area contributed by atoms with E-state index in [-0.39, 0.29) is 5.91 Å². The van der Waals surface area contributed by atoms with E-state index >= 15 is 0 Å². The van der Waals surface area contributed by atoms with E-state index in [2.05, 4.69) is 20.4 Å². The minimum Gasteiger partial charge on any atom is -0.336 e. The first-order chi connectivity index (χ1) is 5.20. The molecule has 62 valence electrons. The quantitative estimate of drug-likeness (QED) is 0.549. The van der Waals surface area contributed by atoms with Gasteiger partial charge in [0.2, 0.25) is 5.91 Å². The van der Waals surface area contributed by atoms with Crippen molar-refractivity contribution in [2.24, 2.45) is 5.92 Å². The molecule has 2 heteroatoms. The fourth-order valence-electron chi connectivity index (χ4n) is 1.57. The fraction of sp³-hybridized carbons (Fsp3) is 0.667. The Morgan fingerprint density at radius 3 is 2.82 bits per heavy atom. The SMILES string of the molecule is C=CC(=O)N1CC(CC)C1C. The Morgan fingerprint density at radius 2 is 2.45 bits per heavy atom. The van der Waals surface area contributed by atoms with Crippen LogP contribution in [0.1, 0.15) is 20.3 Å².